The molecule has 0 N–H and O–H groups in total. The molecule has 2 atom stereocenters. The first-order chi connectivity index (χ1) is 9.55. The summed E-state index contributed by atoms with van der Waals surface area (Å²) in [5, 5.41) is 0. The van der Waals surface area contributed by atoms with Gasteiger partial charge in [-0.25, -0.2) is 0 Å². The lowest BCUT2D eigenvalue weighted by molar-refractivity contribution is -0.116. The summed E-state index contributed by atoms with van der Waals surface area (Å²) in [7, 11) is 0. The zero-order valence-corrected chi connectivity index (χ0v) is 12.7. The van der Waals surface area contributed by atoms with Crippen molar-refractivity contribution in [1.82, 2.24) is 0 Å². The summed E-state index contributed by atoms with van der Waals surface area (Å²) < 4.78 is 5.96. The molecule has 0 saturated heterocycles. The third-order valence-electron chi connectivity index (χ3n) is 4.43. The van der Waals surface area contributed by atoms with Crippen molar-refractivity contribution < 1.29 is 9.53 Å². The van der Waals surface area contributed by atoms with Crippen molar-refractivity contribution in [3.8, 4) is 0 Å². The van der Waals surface area contributed by atoms with E-state index in [0.717, 1.165) is 12.8 Å². The molecule has 0 amide bonds. The number of hydrogen-bond acceptors (Lipinski definition) is 2. The Hall–Kier alpha value is -1.41. The van der Waals surface area contributed by atoms with Crippen molar-refractivity contribution in [2.75, 3.05) is 6.61 Å². The van der Waals surface area contributed by atoms with Crippen molar-refractivity contribution in [3.63, 3.8) is 0 Å². The zero-order valence-electron chi connectivity index (χ0n) is 12.7. The fraction of sp³-hybridized carbons (Fsp3) is 0.500. The largest absolute Gasteiger partial charge is 0.374 e. The maximum atomic E-state index is 11.5. The Labute approximate surface area is 121 Å². The molecule has 0 aliphatic heterocycles. The highest BCUT2D eigenvalue weighted by molar-refractivity contribution is 5.91. The van der Waals surface area contributed by atoms with Crippen LogP contribution in [-0.4, -0.2) is 12.4 Å². The van der Waals surface area contributed by atoms with Gasteiger partial charge in [0, 0.05) is 13.0 Å². The van der Waals surface area contributed by atoms with E-state index in [1.165, 1.54) is 11.1 Å². The maximum Gasteiger partial charge on any atom is 0.155 e. The number of carbonyl (C=O) groups is 1. The third-order valence-corrected chi connectivity index (χ3v) is 4.43. The van der Waals surface area contributed by atoms with Gasteiger partial charge in [-0.3, -0.25) is 4.79 Å². The molecule has 0 bridgehead atoms. The summed E-state index contributed by atoms with van der Waals surface area (Å²) in [4.78, 5) is 11.5. The molecule has 1 aliphatic carbocycles. The van der Waals surface area contributed by atoms with Crippen LogP contribution in [0, 0.1) is 5.41 Å². The van der Waals surface area contributed by atoms with E-state index in [1.54, 1.807) is 0 Å². The lowest BCUT2D eigenvalue weighted by atomic mass is 9.70. The van der Waals surface area contributed by atoms with E-state index in [2.05, 4.69) is 38.1 Å². The van der Waals surface area contributed by atoms with Gasteiger partial charge in [0.25, 0.3) is 0 Å². The molecule has 1 aromatic rings. The van der Waals surface area contributed by atoms with E-state index in [0.29, 0.717) is 13.0 Å². The molecule has 0 saturated carbocycles. The second kappa shape index (κ2) is 6.36. The minimum atomic E-state index is 0.0591. The third kappa shape index (κ3) is 3.37. The summed E-state index contributed by atoms with van der Waals surface area (Å²) in [5.41, 5.74) is 2.47. The van der Waals surface area contributed by atoms with Crippen LogP contribution in [0.2, 0.25) is 0 Å². The number of ketones is 1. The smallest absolute Gasteiger partial charge is 0.155 e. The van der Waals surface area contributed by atoms with Crippen LogP contribution in [0.3, 0.4) is 0 Å². The van der Waals surface area contributed by atoms with Gasteiger partial charge in [0.05, 0.1) is 6.10 Å². The van der Waals surface area contributed by atoms with Crippen LogP contribution in [0.15, 0.2) is 42.0 Å². The van der Waals surface area contributed by atoms with Crippen molar-refractivity contribution in [2.24, 2.45) is 5.41 Å². The quantitative estimate of drug-likeness (QED) is 0.790. The molecule has 108 valence electrons. The Morgan fingerprint density at radius 1 is 1.30 bits per heavy atom. The number of allylic oxidation sites excluding steroid dienone is 2. The lowest BCUT2D eigenvalue weighted by Crippen LogP contribution is -2.27. The molecular formula is C18H24O2. The van der Waals surface area contributed by atoms with Crippen LogP contribution in [0.1, 0.15) is 51.7 Å². The van der Waals surface area contributed by atoms with Crippen molar-refractivity contribution >= 4 is 5.78 Å². The van der Waals surface area contributed by atoms with Gasteiger partial charge in [0.15, 0.2) is 5.78 Å². The van der Waals surface area contributed by atoms with Gasteiger partial charge in [0.2, 0.25) is 0 Å². The lowest BCUT2D eigenvalue weighted by Gasteiger charge is -2.36. The van der Waals surface area contributed by atoms with Gasteiger partial charge in [0.1, 0.15) is 0 Å². The molecule has 0 radical (unpaired) electrons. The highest BCUT2D eigenvalue weighted by atomic mass is 16.5. The molecule has 2 rings (SSSR count). The molecule has 2 unspecified atom stereocenters. The van der Waals surface area contributed by atoms with Crippen LogP contribution in [-0.2, 0) is 9.53 Å². The normalized spacial score (nSPS) is 24.4. The number of carbonyl (C=O) groups excluding carboxylic acids is 1. The second-order valence-electron chi connectivity index (χ2n) is 5.91. The van der Waals surface area contributed by atoms with E-state index >= 15 is 0 Å². The average Bonchev–Trinajstić information content (AvgIpc) is 2.44. The number of rotatable bonds is 5. The van der Waals surface area contributed by atoms with Gasteiger partial charge in [-0.05, 0) is 43.7 Å². The minimum absolute atomic E-state index is 0.0591. The standard InChI is InChI=1S/C18H24O2/c1-4-20-17(15-8-6-5-7-9-15)13-18(3)11-10-16(19)12-14(18)2/h5-9,12,17H,4,10-11,13H2,1-3H3. The van der Waals surface area contributed by atoms with Crippen LogP contribution < -0.4 is 0 Å². The maximum absolute atomic E-state index is 11.5. The Morgan fingerprint density at radius 3 is 2.60 bits per heavy atom. The van der Waals surface area contributed by atoms with E-state index in [9.17, 15) is 4.79 Å². The number of hydrogen-bond donors (Lipinski definition) is 0. The predicted octanol–water partition coefficient (Wildman–Crippen LogP) is 4.47. The average molecular weight is 272 g/mol. The summed E-state index contributed by atoms with van der Waals surface area (Å²) in [6, 6.07) is 10.4. The molecule has 1 aliphatic rings. The monoisotopic (exact) mass is 272 g/mol. The van der Waals surface area contributed by atoms with Crippen molar-refractivity contribution in [1.29, 1.82) is 0 Å². The molecule has 1 aromatic carbocycles. The molecule has 0 aromatic heterocycles. The summed E-state index contributed by atoms with van der Waals surface area (Å²) >= 11 is 0. The highest BCUT2D eigenvalue weighted by Gasteiger charge is 2.34. The summed E-state index contributed by atoms with van der Waals surface area (Å²) in [6.45, 7) is 7.06. The van der Waals surface area contributed by atoms with E-state index in [4.69, 9.17) is 4.74 Å². The van der Waals surface area contributed by atoms with Crippen LogP contribution >= 0.6 is 0 Å². The van der Waals surface area contributed by atoms with E-state index in [1.807, 2.05) is 19.1 Å². The fourth-order valence-electron chi connectivity index (χ4n) is 2.90. The first kappa shape index (κ1) is 15.0. The van der Waals surface area contributed by atoms with Gasteiger partial charge in [-0.15, -0.1) is 0 Å². The van der Waals surface area contributed by atoms with Crippen molar-refractivity contribution in [2.45, 2.75) is 46.1 Å². The van der Waals surface area contributed by atoms with E-state index < -0.39 is 0 Å². The van der Waals surface area contributed by atoms with E-state index in [-0.39, 0.29) is 17.3 Å². The van der Waals surface area contributed by atoms with Gasteiger partial charge >= 0.3 is 0 Å². The van der Waals surface area contributed by atoms with Gasteiger partial charge in [-0.1, -0.05) is 42.8 Å². The van der Waals surface area contributed by atoms with Gasteiger partial charge < -0.3 is 4.74 Å². The zero-order chi connectivity index (χ0) is 14.6. The Kier molecular flexibility index (Phi) is 4.77. The molecule has 0 spiro atoms. The molecular weight excluding hydrogens is 248 g/mol. The van der Waals surface area contributed by atoms with Crippen LogP contribution in [0.4, 0.5) is 0 Å². The second-order valence-corrected chi connectivity index (χ2v) is 5.91. The van der Waals surface area contributed by atoms with Gasteiger partial charge in [-0.2, -0.15) is 0 Å². The SMILES string of the molecule is CCOC(CC1(C)CCC(=O)C=C1C)c1ccccc1. The Bertz CT molecular complexity index is 489. The highest BCUT2D eigenvalue weighted by Crippen LogP contribution is 2.43. The summed E-state index contributed by atoms with van der Waals surface area (Å²) in [5.74, 6) is 0.257. The van der Waals surface area contributed by atoms with Crippen LogP contribution in [0.25, 0.3) is 0 Å². The first-order valence-corrected chi connectivity index (χ1v) is 7.43. The Morgan fingerprint density at radius 2 is 2.00 bits per heavy atom. The Balaban J connectivity index is 2.20. The fourth-order valence-corrected chi connectivity index (χ4v) is 2.90. The molecule has 20 heavy (non-hydrogen) atoms. The molecule has 0 fully saturated rings. The predicted molar refractivity (Wildman–Crippen MR) is 81.5 cm³/mol. The van der Waals surface area contributed by atoms with Crippen LogP contribution in [0.5, 0.6) is 0 Å². The van der Waals surface area contributed by atoms with Crippen molar-refractivity contribution in [3.05, 3.63) is 47.5 Å². The topological polar surface area (TPSA) is 26.3 Å². The molecule has 2 nitrogen and oxygen atoms in total. The minimum Gasteiger partial charge on any atom is -0.374 e. The number of benzene rings is 1. The summed E-state index contributed by atoms with van der Waals surface area (Å²) in [6.07, 6.45) is 4.42. The number of ether oxygens (including phenoxy) is 1. The first-order valence-electron chi connectivity index (χ1n) is 7.43. The molecule has 0 heterocycles. The molecule has 2 heteroatoms.